The highest BCUT2D eigenvalue weighted by atomic mass is 16.2. The summed E-state index contributed by atoms with van der Waals surface area (Å²) in [6.07, 6.45) is 1.85. The van der Waals surface area contributed by atoms with Crippen LogP contribution < -0.4 is 16.4 Å². The standard InChI is InChI=1S/C28H29N3O3.C13H13N3O/c1-19(22-8-4-3-5-9-22)28(34)31-15-7-11-26(31)27(33)17-21-12-13-25-23(16-21)18-24(30-25)10-6-14-29-20(2)32;1-9(17)15-6-2-3-12-8-10-7-11(14)4-5-13(10)16-12/h3-5,8-9,12-13,16,18-19,26,30H,7,11,14-15,17H2,1-2H3,(H,29,32);4-5,7-8,16H,6,14H2,1H3,(H,15,17)/t19-,26+;/m1./s1. The quantitative estimate of drug-likeness (QED) is 0.123. The number of carbonyl (C=O) groups excluding carboxylic acids is 4. The molecule has 3 heterocycles. The highest BCUT2D eigenvalue weighted by Crippen LogP contribution is 2.27. The van der Waals surface area contributed by atoms with E-state index in [-0.39, 0.29) is 35.5 Å². The average molecular weight is 683 g/mol. The van der Waals surface area contributed by atoms with Gasteiger partial charge >= 0.3 is 0 Å². The number of nitrogens with one attached hydrogen (secondary N) is 4. The van der Waals surface area contributed by atoms with Crippen LogP contribution in [0.25, 0.3) is 21.8 Å². The number of carbonyl (C=O) groups is 4. The van der Waals surface area contributed by atoms with Gasteiger partial charge in [0.1, 0.15) is 0 Å². The van der Waals surface area contributed by atoms with Gasteiger partial charge in [0, 0.05) is 54.3 Å². The van der Waals surface area contributed by atoms with Crippen LogP contribution in [-0.2, 0) is 25.6 Å². The van der Waals surface area contributed by atoms with E-state index < -0.39 is 0 Å². The summed E-state index contributed by atoms with van der Waals surface area (Å²) in [6.45, 7) is 6.11. The predicted molar refractivity (Wildman–Crippen MR) is 200 cm³/mol. The number of benzene rings is 3. The maximum absolute atomic E-state index is 13.2. The Morgan fingerprint density at radius 1 is 0.824 bits per heavy atom. The minimum atomic E-state index is -0.365. The lowest BCUT2D eigenvalue weighted by Gasteiger charge is -2.27. The number of hydrogen-bond acceptors (Lipinski definition) is 5. The fourth-order valence-corrected chi connectivity index (χ4v) is 6.01. The first-order chi connectivity index (χ1) is 24.6. The van der Waals surface area contributed by atoms with Gasteiger partial charge in [0.25, 0.3) is 0 Å². The zero-order valence-electron chi connectivity index (χ0n) is 29.1. The molecule has 0 aliphatic carbocycles. The number of nitrogens with zero attached hydrogens (tertiary/aromatic N) is 1. The monoisotopic (exact) mass is 682 g/mol. The van der Waals surface area contributed by atoms with Crippen LogP contribution in [0.4, 0.5) is 5.69 Å². The summed E-state index contributed by atoms with van der Waals surface area (Å²) in [5, 5.41) is 7.27. The van der Waals surface area contributed by atoms with Crippen molar-refractivity contribution >= 4 is 51.0 Å². The second kappa shape index (κ2) is 16.9. The minimum Gasteiger partial charge on any atom is -0.399 e. The highest BCUT2D eigenvalue weighted by molar-refractivity contribution is 5.93. The topological polar surface area (TPSA) is 153 Å². The summed E-state index contributed by atoms with van der Waals surface area (Å²) in [4.78, 5) is 56.1. The lowest BCUT2D eigenvalue weighted by Crippen LogP contribution is -2.43. The molecule has 6 rings (SSSR count). The van der Waals surface area contributed by atoms with Gasteiger partial charge in [-0.25, -0.2) is 0 Å². The van der Waals surface area contributed by atoms with Crippen molar-refractivity contribution in [2.75, 3.05) is 25.4 Å². The van der Waals surface area contributed by atoms with Crippen LogP contribution in [0.3, 0.4) is 0 Å². The second-order valence-corrected chi connectivity index (χ2v) is 12.5. The van der Waals surface area contributed by atoms with Gasteiger partial charge in [-0.15, -0.1) is 0 Å². The van der Waals surface area contributed by atoms with Crippen molar-refractivity contribution in [1.82, 2.24) is 25.5 Å². The van der Waals surface area contributed by atoms with Crippen molar-refractivity contribution in [3.63, 3.8) is 0 Å². The fraction of sp³-hybridized carbons (Fsp3) is 0.268. The molecule has 1 aliphatic heterocycles. The van der Waals surface area contributed by atoms with Gasteiger partial charge in [-0.2, -0.15) is 0 Å². The van der Waals surface area contributed by atoms with Crippen LogP contribution in [0.15, 0.2) is 78.9 Å². The summed E-state index contributed by atoms with van der Waals surface area (Å²) >= 11 is 0. The first-order valence-electron chi connectivity index (χ1n) is 16.9. The molecular weight excluding hydrogens is 640 g/mol. The van der Waals surface area contributed by atoms with Gasteiger partial charge in [0.15, 0.2) is 5.78 Å². The first-order valence-corrected chi connectivity index (χ1v) is 16.9. The second-order valence-electron chi connectivity index (χ2n) is 12.5. The number of likely N-dealkylation sites (tertiary alicyclic amines) is 1. The van der Waals surface area contributed by atoms with Gasteiger partial charge in [-0.3, -0.25) is 19.2 Å². The number of rotatable bonds is 7. The molecule has 3 aromatic carbocycles. The zero-order valence-corrected chi connectivity index (χ0v) is 29.1. The summed E-state index contributed by atoms with van der Waals surface area (Å²) in [5.41, 5.74) is 11.8. The van der Waals surface area contributed by atoms with Gasteiger partial charge in [0.05, 0.1) is 36.4 Å². The van der Waals surface area contributed by atoms with Crippen LogP contribution in [0.1, 0.15) is 62.0 Å². The number of nitrogen functional groups attached to an aromatic ring is 1. The molecular formula is C41H42N6O4. The third kappa shape index (κ3) is 9.90. The minimum absolute atomic E-state index is 0.0191. The van der Waals surface area contributed by atoms with Crippen molar-refractivity contribution in [2.24, 2.45) is 0 Å². The van der Waals surface area contributed by atoms with Gasteiger partial charge < -0.3 is 31.2 Å². The maximum atomic E-state index is 13.2. The molecule has 3 amide bonds. The van der Waals surface area contributed by atoms with Crippen molar-refractivity contribution in [2.45, 2.75) is 52.0 Å². The van der Waals surface area contributed by atoms with E-state index in [0.29, 0.717) is 32.5 Å². The number of H-pyrrole nitrogens is 2. The molecule has 6 N–H and O–H groups in total. The van der Waals surface area contributed by atoms with Crippen molar-refractivity contribution < 1.29 is 19.2 Å². The molecule has 1 fully saturated rings. The Morgan fingerprint density at radius 2 is 1.41 bits per heavy atom. The number of aromatic nitrogens is 2. The van der Waals surface area contributed by atoms with Gasteiger partial charge in [0.2, 0.25) is 17.7 Å². The molecule has 0 radical (unpaired) electrons. The van der Waals surface area contributed by atoms with E-state index in [1.165, 1.54) is 13.8 Å². The lowest BCUT2D eigenvalue weighted by molar-refractivity contribution is -0.138. The molecule has 2 atom stereocenters. The Kier molecular flexibility index (Phi) is 11.9. The summed E-state index contributed by atoms with van der Waals surface area (Å²) in [7, 11) is 0. The maximum Gasteiger partial charge on any atom is 0.230 e. The number of Topliss-reactive ketones (excluding diaryl/α,β-unsaturated/α-hetero) is 1. The van der Waals surface area contributed by atoms with Crippen LogP contribution in [0.5, 0.6) is 0 Å². The smallest absolute Gasteiger partial charge is 0.230 e. The van der Waals surface area contributed by atoms with Crippen molar-refractivity contribution in [3.05, 3.63) is 101 Å². The van der Waals surface area contributed by atoms with Gasteiger partial charge in [-0.1, -0.05) is 48.2 Å². The Bertz CT molecular complexity index is 2180. The summed E-state index contributed by atoms with van der Waals surface area (Å²) in [6, 6.07) is 24.8. The molecule has 0 unspecified atom stereocenters. The first kappa shape index (κ1) is 36.0. The third-order valence-electron chi connectivity index (χ3n) is 8.58. The highest BCUT2D eigenvalue weighted by Gasteiger charge is 2.35. The number of anilines is 1. The third-order valence-corrected chi connectivity index (χ3v) is 8.58. The van der Waals surface area contributed by atoms with E-state index in [1.807, 2.05) is 85.8 Å². The largest absolute Gasteiger partial charge is 0.399 e. The normalized spacial score (nSPS) is 13.9. The summed E-state index contributed by atoms with van der Waals surface area (Å²) in [5.74, 6) is 11.4. The molecule has 1 aliphatic rings. The van der Waals surface area contributed by atoms with Crippen LogP contribution >= 0.6 is 0 Å². The molecule has 10 heteroatoms. The Labute approximate surface area is 297 Å². The van der Waals surface area contributed by atoms with Crippen molar-refractivity contribution in [3.8, 4) is 23.7 Å². The van der Waals surface area contributed by atoms with E-state index in [9.17, 15) is 19.2 Å². The molecule has 260 valence electrons. The molecule has 10 nitrogen and oxygen atoms in total. The number of amides is 3. The summed E-state index contributed by atoms with van der Waals surface area (Å²) < 4.78 is 0. The Morgan fingerprint density at radius 3 is 2.02 bits per heavy atom. The number of ketones is 1. The van der Waals surface area contributed by atoms with Crippen LogP contribution in [-0.4, -0.2) is 64.0 Å². The Hall–Kier alpha value is -6.26. The predicted octanol–water partition coefficient (Wildman–Crippen LogP) is 4.80. The number of nitrogens with two attached hydrogens (primary N) is 1. The van der Waals surface area contributed by atoms with Crippen LogP contribution in [0.2, 0.25) is 0 Å². The molecule has 0 bridgehead atoms. The number of hydrogen-bond donors (Lipinski definition) is 5. The van der Waals surface area contributed by atoms with E-state index in [4.69, 9.17) is 5.73 Å². The Balaban J connectivity index is 0.000000248. The van der Waals surface area contributed by atoms with E-state index >= 15 is 0 Å². The molecule has 0 saturated carbocycles. The van der Waals surface area contributed by atoms with Crippen LogP contribution in [0, 0.1) is 23.7 Å². The average Bonchev–Trinajstić information content (AvgIpc) is 3.86. The number of aromatic amines is 2. The fourth-order valence-electron chi connectivity index (χ4n) is 6.01. The molecule has 0 spiro atoms. The zero-order chi connectivity index (χ0) is 36.3. The number of fused-ring (bicyclic) bond motifs is 2. The molecule has 2 aromatic heterocycles. The lowest BCUT2D eigenvalue weighted by atomic mass is 9.97. The van der Waals surface area contributed by atoms with E-state index in [0.717, 1.165) is 56.4 Å². The molecule has 1 saturated heterocycles. The van der Waals surface area contributed by atoms with Crippen molar-refractivity contribution in [1.29, 1.82) is 0 Å². The molecule has 5 aromatic rings. The van der Waals surface area contributed by atoms with E-state index in [2.05, 4.69) is 44.3 Å². The SMILES string of the molecule is CC(=O)NCC#Cc1cc2cc(CC(=O)[C@@H]3CCCN3C(=O)[C@H](C)c3ccccc3)ccc2[nH]1.CC(=O)NCC#Cc1cc2cc(N)ccc2[nH]1. The molecule has 51 heavy (non-hydrogen) atoms. The van der Waals surface area contributed by atoms with E-state index in [1.54, 1.807) is 4.90 Å². The van der Waals surface area contributed by atoms with Gasteiger partial charge in [-0.05, 0) is 85.2 Å².